The predicted molar refractivity (Wildman–Crippen MR) is 102 cm³/mol. The van der Waals surface area contributed by atoms with Gasteiger partial charge < -0.3 is 0 Å². The Hall–Kier alpha value is -2.05. The van der Waals surface area contributed by atoms with Crippen LogP contribution in [0.25, 0.3) is 0 Å². The molecule has 2 amide bonds. The number of hydrogen-bond donors (Lipinski definition) is 0. The largest absolute Gasteiger partial charge is 0.292 e. The van der Waals surface area contributed by atoms with Gasteiger partial charge in [0.05, 0.1) is 17.5 Å². The molecule has 6 heteroatoms. The Kier molecular flexibility index (Phi) is 3.95. The van der Waals surface area contributed by atoms with Crippen molar-refractivity contribution in [1.82, 2.24) is 4.90 Å². The van der Waals surface area contributed by atoms with Crippen LogP contribution >= 0.6 is 15.9 Å². The summed E-state index contributed by atoms with van der Waals surface area (Å²) in [6.45, 7) is 0.912. The first kappa shape index (κ1) is 17.1. The number of amides is 2. The van der Waals surface area contributed by atoms with Crippen LogP contribution in [0.1, 0.15) is 24.4 Å². The molecule has 3 aliphatic heterocycles. The first-order valence-corrected chi connectivity index (χ1v) is 10.00. The second-order valence-corrected chi connectivity index (χ2v) is 8.40. The summed E-state index contributed by atoms with van der Waals surface area (Å²) in [6, 6.07) is 13.6. The second-order valence-electron chi connectivity index (χ2n) is 7.48. The van der Waals surface area contributed by atoms with Crippen molar-refractivity contribution >= 4 is 33.4 Å². The molecule has 4 unspecified atom stereocenters. The van der Waals surface area contributed by atoms with E-state index in [2.05, 4.69) is 20.8 Å². The molecule has 0 spiro atoms. The summed E-state index contributed by atoms with van der Waals surface area (Å²) in [5, 5.41) is 0. The maximum Gasteiger partial charge on any atom is 0.239 e. The third-order valence-electron chi connectivity index (χ3n) is 6.15. The van der Waals surface area contributed by atoms with Crippen molar-refractivity contribution in [2.45, 2.75) is 24.9 Å². The highest BCUT2D eigenvalue weighted by atomic mass is 79.9. The minimum Gasteiger partial charge on any atom is -0.292 e. The molecule has 2 aromatic carbocycles. The minimum atomic E-state index is -0.382. The molecular weight excluding hydrogens is 411 g/mol. The Bertz CT molecular complexity index is 915. The number of carbonyl (C=O) groups excluding carboxylic acids is 2. The number of imide groups is 1. The van der Waals surface area contributed by atoms with Crippen molar-refractivity contribution in [3.63, 3.8) is 0 Å². The molecule has 3 saturated heterocycles. The first-order valence-electron chi connectivity index (χ1n) is 9.21. The summed E-state index contributed by atoms with van der Waals surface area (Å²) < 4.78 is 14.3. The van der Waals surface area contributed by atoms with Gasteiger partial charge in [0.15, 0.2) is 0 Å². The normalized spacial score (nSPS) is 30.1. The van der Waals surface area contributed by atoms with Crippen molar-refractivity contribution in [2.24, 2.45) is 11.8 Å². The monoisotopic (exact) mass is 428 g/mol. The average Bonchev–Trinajstić information content (AvgIpc) is 3.30. The maximum atomic E-state index is 13.3. The van der Waals surface area contributed by atoms with Gasteiger partial charge in [0.25, 0.3) is 0 Å². The number of hydrogen-bond acceptors (Lipinski definition) is 3. The van der Waals surface area contributed by atoms with E-state index >= 15 is 0 Å². The topological polar surface area (TPSA) is 40.6 Å². The van der Waals surface area contributed by atoms with Gasteiger partial charge in [0.2, 0.25) is 11.8 Å². The van der Waals surface area contributed by atoms with Gasteiger partial charge in [-0.05, 0) is 61.3 Å². The van der Waals surface area contributed by atoms with Crippen molar-refractivity contribution in [2.75, 3.05) is 11.4 Å². The van der Waals surface area contributed by atoms with Gasteiger partial charge in [-0.25, -0.2) is 9.29 Å². The number of carbonyl (C=O) groups is 2. The van der Waals surface area contributed by atoms with Crippen LogP contribution in [0.2, 0.25) is 0 Å². The molecule has 0 N–H and O–H groups in total. The molecule has 4 atom stereocenters. The molecular formula is C21H18BrFN2O2. The van der Waals surface area contributed by atoms with Crippen LogP contribution in [-0.2, 0) is 9.59 Å². The summed E-state index contributed by atoms with van der Waals surface area (Å²) in [5.74, 6) is -1.40. The zero-order valence-corrected chi connectivity index (χ0v) is 16.1. The third-order valence-corrected chi connectivity index (χ3v) is 6.68. The lowest BCUT2D eigenvalue weighted by Crippen LogP contribution is -2.39. The predicted octanol–water partition coefficient (Wildman–Crippen LogP) is 3.91. The SMILES string of the molecule is O=C1C2C(C(=O)N1c1ccc(F)cc1)C(c1ccc(Br)cc1)N1CCCC21. The molecule has 2 aromatic rings. The minimum absolute atomic E-state index is 0.0856. The number of halogens is 2. The fourth-order valence-corrected chi connectivity index (χ4v) is 5.37. The quantitative estimate of drug-likeness (QED) is 0.680. The van der Waals surface area contributed by atoms with Gasteiger partial charge in [-0.1, -0.05) is 28.1 Å². The smallest absolute Gasteiger partial charge is 0.239 e. The summed E-state index contributed by atoms with van der Waals surface area (Å²) >= 11 is 3.46. The molecule has 3 heterocycles. The van der Waals surface area contributed by atoms with Gasteiger partial charge in [0.1, 0.15) is 5.82 Å². The van der Waals surface area contributed by atoms with Crippen LogP contribution in [0.5, 0.6) is 0 Å². The summed E-state index contributed by atoms with van der Waals surface area (Å²) in [7, 11) is 0. The van der Waals surface area contributed by atoms with E-state index < -0.39 is 0 Å². The molecule has 5 rings (SSSR count). The fourth-order valence-electron chi connectivity index (χ4n) is 5.10. The molecule has 4 nitrogen and oxygen atoms in total. The van der Waals surface area contributed by atoms with Crippen molar-refractivity contribution in [3.8, 4) is 0 Å². The summed E-state index contributed by atoms with van der Waals surface area (Å²) in [4.78, 5) is 30.2. The Labute approximate surface area is 165 Å². The lowest BCUT2D eigenvalue weighted by atomic mass is 9.85. The van der Waals surface area contributed by atoms with Crippen molar-refractivity contribution < 1.29 is 14.0 Å². The van der Waals surface area contributed by atoms with Crippen LogP contribution in [0.3, 0.4) is 0 Å². The van der Waals surface area contributed by atoms with Crippen molar-refractivity contribution in [3.05, 3.63) is 64.4 Å². The van der Waals surface area contributed by atoms with Crippen LogP contribution < -0.4 is 4.90 Å². The first-order chi connectivity index (χ1) is 13.1. The van der Waals surface area contributed by atoms with Gasteiger partial charge in [-0.3, -0.25) is 14.5 Å². The van der Waals surface area contributed by atoms with E-state index in [1.807, 2.05) is 24.3 Å². The van der Waals surface area contributed by atoms with Crippen LogP contribution in [0.15, 0.2) is 53.0 Å². The van der Waals surface area contributed by atoms with E-state index in [-0.39, 0.29) is 41.6 Å². The number of benzene rings is 2. The Morgan fingerprint density at radius 2 is 1.59 bits per heavy atom. The zero-order valence-electron chi connectivity index (χ0n) is 14.5. The molecule has 0 saturated carbocycles. The zero-order chi connectivity index (χ0) is 18.7. The third kappa shape index (κ3) is 2.50. The van der Waals surface area contributed by atoms with Gasteiger partial charge in [-0.2, -0.15) is 0 Å². The van der Waals surface area contributed by atoms with Crippen LogP contribution in [-0.4, -0.2) is 29.3 Å². The van der Waals surface area contributed by atoms with E-state index in [0.717, 1.165) is 29.4 Å². The molecule has 0 bridgehead atoms. The van der Waals surface area contributed by atoms with Crippen molar-refractivity contribution in [1.29, 1.82) is 0 Å². The lowest BCUT2D eigenvalue weighted by Gasteiger charge is -2.28. The summed E-state index contributed by atoms with van der Waals surface area (Å²) in [5.41, 5.74) is 1.53. The summed E-state index contributed by atoms with van der Waals surface area (Å²) in [6.07, 6.45) is 1.98. The molecule has 138 valence electrons. The number of anilines is 1. The van der Waals surface area contributed by atoms with Gasteiger partial charge >= 0.3 is 0 Å². The molecule has 3 fully saturated rings. The highest BCUT2D eigenvalue weighted by Crippen LogP contribution is 2.53. The van der Waals surface area contributed by atoms with Crippen LogP contribution in [0, 0.1) is 17.7 Å². The van der Waals surface area contributed by atoms with E-state index in [0.29, 0.717) is 5.69 Å². The standard InChI is InChI=1S/C21H18BrFN2O2/c22-13-5-3-12(4-6-13)19-18-17(16-2-1-11-24(16)19)20(26)25(21(18)27)15-9-7-14(23)8-10-15/h3-10,16-19H,1-2,11H2. The Morgan fingerprint density at radius 1 is 0.926 bits per heavy atom. The molecule has 3 aliphatic rings. The highest BCUT2D eigenvalue weighted by Gasteiger charge is 2.63. The van der Waals surface area contributed by atoms with E-state index in [4.69, 9.17) is 0 Å². The van der Waals surface area contributed by atoms with E-state index in [9.17, 15) is 14.0 Å². The lowest BCUT2D eigenvalue weighted by molar-refractivity contribution is -0.123. The highest BCUT2D eigenvalue weighted by molar-refractivity contribution is 9.10. The molecule has 0 radical (unpaired) electrons. The number of rotatable bonds is 2. The number of fused-ring (bicyclic) bond motifs is 3. The van der Waals surface area contributed by atoms with E-state index in [1.54, 1.807) is 0 Å². The maximum absolute atomic E-state index is 13.3. The Morgan fingerprint density at radius 3 is 2.30 bits per heavy atom. The molecule has 0 aliphatic carbocycles. The Balaban J connectivity index is 1.57. The second kappa shape index (κ2) is 6.24. The van der Waals surface area contributed by atoms with Gasteiger partial charge in [-0.15, -0.1) is 0 Å². The molecule has 27 heavy (non-hydrogen) atoms. The van der Waals surface area contributed by atoms with Crippen LogP contribution in [0.4, 0.5) is 10.1 Å². The average molecular weight is 429 g/mol. The van der Waals surface area contributed by atoms with Gasteiger partial charge in [0, 0.05) is 16.6 Å². The fraction of sp³-hybridized carbons (Fsp3) is 0.333. The van der Waals surface area contributed by atoms with E-state index in [1.165, 1.54) is 29.2 Å². The number of nitrogens with zero attached hydrogens (tertiary/aromatic N) is 2. The molecule has 0 aromatic heterocycles.